The van der Waals surface area contributed by atoms with Gasteiger partial charge in [0.2, 0.25) is 0 Å². The summed E-state index contributed by atoms with van der Waals surface area (Å²) in [5.74, 6) is 0.402. The summed E-state index contributed by atoms with van der Waals surface area (Å²) in [5.41, 5.74) is 0.973. The van der Waals surface area contributed by atoms with E-state index in [4.69, 9.17) is 9.15 Å². The Bertz CT molecular complexity index is 1190. The zero-order valence-electron chi connectivity index (χ0n) is 15.5. The number of carbonyl (C=O) groups is 1. The summed E-state index contributed by atoms with van der Waals surface area (Å²) in [6.07, 6.45) is 2.77. The highest BCUT2D eigenvalue weighted by Crippen LogP contribution is 2.39. The molecule has 1 aliphatic rings. The average Bonchev–Trinajstić information content (AvgIpc) is 3.02. The number of carbonyl (C=O) groups excluding carboxylic acids is 1. The Labute approximate surface area is 165 Å². The molecule has 1 N–H and O–H groups in total. The van der Waals surface area contributed by atoms with E-state index in [2.05, 4.69) is 18.3 Å². The molecule has 0 aliphatic heterocycles. The maximum Gasteiger partial charge on any atom is 0.349 e. The summed E-state index contributed by atoms with van der Waals surface area (Å²) in [6.45, 7) is 2.18. The van der Waals surface area contributed by atoms with E-state index < -0.39 is 11.5 Å². The van der Waals surface area contributed by atoms with Crippen molar-refractivity contribution in [2.24, 2.45) is 5.92 Å². The Morgan fingerprint density at radius 3 is 3.00 bits per heavy atom. The lowest BCUT2D eigenvalue weighted by Gasteiger charge is -2.17. The van der Waals surface area contributed by atoms with Crippen LogP contribution in [0.5, 0.6) is 5.75 Å². The van der Waals surface area contributed by atoms with E-state index >= 15 is 0 Å². The van der Waals surface area contributed by atoms with Crippen LogP contribution in [0.3, 0.4) is 0 Å². The molecule has 28 heavy (non-hydrogen) atoms. The van der Waals surface area contributed by atoms with Crippen molar-refractivity contribution in [2.75, 3.05) is 12.4 Å². The molecule has 0 saturated heterocycles. The molecule has 0 fully saturated rings. The number of benzene rings is 1. The van der Waals surface area contributed by atoms with E-state index in [1.54, 1.807) is 18.2 Å². The van der Waals surface area contributed by atoms with Crippen LogP contribution in [0, 0.1) is 17.2 Å². The highest BCUT2D eigenvalue weighted by Gasteiger charge is 2.25. The number of nitriles is 1. The average molecular weight is 394 g/mol. The Hall–Kier alpha value is -3.11. The number of nitrogens with one attached hydrogen (secondary N) is 1. The van der Waals surface area contributed by atoms with Crippen molar-refractivity contribution in [3.8, 4) is 11.8 Å². The van der Waals surface area contributed by atoms with Gasteiger partial charge in [-0.15, -0.1) is 11.3 Å². The van der Waals surface area contributed by atoms with Gasteiger partial charge < -0.3 is 14.5 Å². The predicted molar refractivity (Wildman–Crippen MR) is 107 cm³/mol. The minimum atomic E-state index is -0.747. The Morgan fingerprint density at radius 1 is 1.43 bits per heavy atom. The molecule has 0 unspecified atom stereocenters. The molecule has 0 saturated carbocycles. The summed E-state index contributed by atoms with van der Waals surface area (Å²) < 4.78 is 10.5. The Balaban J connectivity index is 1.71. The van der Waals surface area contributed by atoms with Crippen molar-refractivity contribution in [1.29, 1.82) is 5.26 Å². The van der Waals surface area contributed by atoms with Crippen LogP contribution < -0.4 is 15.7 Å². The molecule has 4 rings (SSSR count). The Morgan fingerprint density at radius 2 is 2.25 bits per heavy atom. The van der Waals surface area contributed by atoms with Crippen molar-refractivity contribution in [3.05, 3.63) is 56.3 Å². The van der Waals surface area contributed by atoms with E-state index in [0.717, 1.165) is 29.7 Å². The summed E-state index contributed by atoms with van der Waals surface area (Å²) in [4.78, 5) is 26.3. The Kier molecular flexibility index (Phi) is 4.65. The predicted octanol–water partition coefficient (Wildman–Crippen LogP) is 4.11. The van der Waals surface area contributed by atoms with Gasteiger partial charge >= 0.3 is 5.63 Å². The van der Waals surface area contributed by atoms with Gasteiger partial charge in [0.1, 0.15) is 16.6 Å². The SMILES string of the molecule is COc1cccc2cc(C(=O)Nc3sc4c(c3C#N)CC[C@@H](C)C4)c(=O)oc12. The van der Waals surface area contributed by atoms with Crippen molar-refractivity contribution in [3.63, 3.8) is 0 Å². The lowest BCUT2D eigenvalue weighted by atomic mass is 9.88. The summed E-state index contributed by atoms with van der Waals surface area (Å²) in [6, 6.07) is 8.88. The summed E-state index contributed by atoms with van der Waals surface area (Å²) in [7, 11) is 1.48. The van der Waals surface area contributed by atoms with Crippen LogP contribution in [0.2, 0.25) is 0 Å². The topological polar surface area (TPSA) is 92.3 Å². The van der Waals surface area contributed by atoms with Crippen molar-refractivity contribution in [2.45, 2.75) is 26.2 Å². The first-order valence-corrected chi connectivity index (χ1v) is 9.80. The van der Waals surface area contributed by atoms with Gasteiger partial charge in [-0.1, -0.05) is 19.1 Å². The second kappa shape index (κ2) is 7.13. The first-order chi connectivity index (χ1) is 13.5. The molecule has 6 nitrogen and oxygen atoms in total. The highest BCUT2D eigenvalue weighted by molar-refractivity contribution is 7.16. The van der Waals surface area contributed by atoms with Gasteiger partial charge in [-0.3, -0.25) is 4.79 Å². The first kappa shape index (κ1) is 18.3. The van der Waals surface area contributed by atoms with E-state index in [1.165, 1.54) is 24.5 Å². The van der Waals surface area contributed by atoms with Gasteiger partial charge in [0.25, 0.3) is 5.91 Å². The number of rotatable bonds is 3. The minimum absolute atomic E-state index is 0.107. The lowest BCUT2D eigenvalue weighted by molar-refractivity contribution is 0.102. The monoisotopic (exact) mass is 394 g/mol. The van der Waals surface area contributed by atoms with E-state index in [0.29, 0.717) is 33.2 Å². The van der Waals surface area contributed by atoms with Crippen LogP contribution in [0.4, 0.5) is 5.00 Å². The van der Waals surface area contributed by atoms with Gasteiger partial charge in [-0.2, -0.15) is 5.26 Å². The molecule has 1 aliphatic carbocycles. The largest absolute Gasteiger partial charge is 0.493 e. The number of hydrogen-bond donors (Lipinski definition) is 1. The fourth-order valence-corrected chi connectivity index (χ4v) is 4.92. The van der Waals surface area contributed by atoms with Crippen LogP contribution in [0.15, 0.2) is 33.5 Å². The number of thiophene rings is 1. The number of amides is 1. The van der Waals surface area contributed by atoms with Crippen LogP contribution in [0.1, 0.15) is 39.7 Å². The van der Waals surface area contributed by atoms with Gasteiger partial charge in [-0.05, 0) is 42.9 Å². The third kappa shape index (κ3) is 3.06. The molecule has 3 aromatic rings. The molecule has 2 heterocycles. The number of ether oxygens (including phenoxy) is 1. The van der Waals surface area contributed by atoms with Crippen molar-refractivity contribution < 1.29 is 13.9 Å². The van der Waals surface area contributed by atoms with Crippen LogP contribution in [-0.4, -0.2) is 13.0 Å². The second-order valence-electron chi connectivity index (χ2n) is 6.95. The molecule has 142 valence electrons. The summed E-state index contributed by atoms with van der Waals surface area (Å²) >= 11 is 1.42. The molecule has 2 aromatic heterocycles. The maximum atomic E-state index is 12.8. The van der Waals surface area contributed by atoms with Crippen molar-refractivity contribution in [1.82, 2.24) is 0 Å². The maximum absolute atomic E-state index is 12.8. The molecule has 1 aromatic carbocycles. The lowest BCUT2D eigenvalue weighted by Crippen LogP contribution is -2.20. The van der Waals surface area contributed by atoms with Gasteiger partial charge in [-0.25, -0.2) is 4.79 Å². The summed E-state index contributed by atoms with van der Waals surface area (Å²) in [5, 5.41) is 13.4. The number of methoxy groups -OCH3 is 1. The molecule has 0 spiro atoms. The third-order valence-electron chi connectivity index (χ3n) is 5.04. The van der Waals surface area contributed by atoms with Crippen LogP contribution >= 0.6 is 11.3 Å². The van der Waals surface area contributed by atoms with Gasteiger partial charge in [0.15, 0.2) is 11.3 Å². The highest BCUT2D eigenvalue weighted by atomic mass is 32.1. The smallest absolute Gasteiger partial charge is 0.349 e. The van der Waals surface area contributed by atoms with Gasteiger partial charge in [0.05, 0.1) is 12.7 Å². The number of anilines is 1. The second-order valence-corrected chi connectivity index (χ2v) is 8.05. The molecule has 1 atom stereocenters. The van der Waals surface area contributed by atoms with E-state index in [-0.39, 0.29) is 5.56 Å². The standard InChI is InChI=1S/C21H18N2O4S/c1-11-6-7-13-15(10-22)20(28-17(13)8-11)23-19(24)14-9-12-4-3-5-16(26-2)18(12)27-21(14)25/h3-5,9,11H,6-8H2,1-2H3,(H,23,24)/t11-/m1/s1. The number of nitrogens with zero attached hydrogens (tertiary/aromatic N) is 1. The molecular weight excluding hydrogens is 376 g/mol. The van der Waals surface area contributed by atoms with Crippen LogP contribution in [0.25, 0.3) is 11.0 Å². The molecular formula is C21H18N2O4S. The zero-order chi connectivity index (χ0) is 19.8. The molecule has 7 heteroatoms. The van der Waals surface area contributed by atoms with E-state index in [9.17, 15) is 14.9 Å². The quantitative estimate of drug-likeness (QED) is 0.675. The molecule has 1 amide bonds. The normalized spacial score (nSPS) is 15.7. The molecule has 0 bridgehead atoms. The van der Waals surface area contributed by atoms with Crippen molar-refractivity contribution >= 4 is 33.2 Å². The van der Waals surface area contributed by atoms with Gasteiger partial charge in [0, 0.05) is 10.3 Å². The number of hydrogen-bond acceptors (Lipinski definition) is 6. The number of fused-ring (bicyclic) bond motifs is 2. The van der Waals surface area contributed by atoms with Crippen LogP contribution in [-0.2, 0) is 12.8 Å². The fourth-order valence-electron chi connectivity index (χ4n) is 3.56. The minimum Gasteiger partial charge on any atom is -0.493 e. The molecule has 0 radical (unpaired) electrons. The third-order valence-corrected chi connectivity index (χ3v) is 6.21. The zero-order valence-corrected chi connectivity index (χ0v) is 16.3. The number of para-hydroxylation sites is 1. The first-order valence-electron chi connectivity index (χ1n) is 8.98. The fraction of sp³-hybridized carbons (Fsp3) is 0.286. The van der Waals surface area contributed by atoms with E-state index in [1.807, 2.05) is 0 Å².